The first kappa shape index (κ1) is 30.2. The molecule has 0 bridgehead atoms. The average Bonchev–Trinajstić information content (AvgIpc) is 2.78. The maximum Gasteiger partial charge on any atom is 0.222 e. The van der Waals surface area contributed by atoms with Crippen molar-refractivity contribution in [1.29, 1.82) is 0 Å². The molecule has 0 unspecified atom stereocenters. The molecule has 190 valence electrons. The van der Waals surface area contributed by atoms with Gasteiger partial charge in [0.2, 0.25) is 7.38 Å². The Bertz CT molecular complexity index is 1060. The summed E-state index contributed by atoms with van der Waals surface area (Å²) in [6.07, 6.45) is 0. The smallest absolute Gasteiger partial charge is 0.222 e. The predicted octanol–water partition coefficient (Wildman–Crippen LogP) is 8.98. The van der Waals surface area contributed by atoms with Crippen molar-refractivity contribution in [2.24, 2.45) is 0 Å². The number of aryl methyl sites for hydroxylation is 1. The van der Waals surface area contributed by atoms with Crippen molar-refractivity contribution < 1.29 is 13.9 Å². The van der Waals surface area contributed by atoms with E-state index in [0.717, 1.165) is 16.1 Å². The minimum atomic E-state index is -2.23. The van der Waals surface area contributed by atoms with Crippen LogP contribution in [-0.2, 0) is 0 Å². The molecule has 0 saturated carbocycles. The highest BCUT2D eigenvalue weighted by Crippen LogP contribution is 2.38. The quantitative estimate of drug-likeness (QED) is 0.169. The van der Waals surface area contributed by atoms with E-state index in [9.17, 15) is 8.78 Å². The van der Waals surface area contributed by atoms with Crippen LogP contribution in [-0.4, -0.2) is 12.5 Å². The van der Waals surface area contributed by atoms with Gasteiger partial charge >= 0.3 is 0 Å². The zero-order valence-electron chi connectivity index (χ0n) is 20.6. The minimum absolute atomic E-state index is 0.0667. The molecule has 0 heterocycles. The molecule has 4 aromatic carbocycles. The summed E-state index contributed by atoms with van der Waals surface area (Å²) in [5.41, 5.74) is 0.932. The first-order valence-electron chi connectivity index (χ1n) is 11.2. The molecule has 1 nitrogen and oxygen atoms in total. The Morgan fingerprint density at radius 3 is 1.44 bits per heavy atom. The van der Waals surface area contributed by atoms with Crippen LogP contribution in [0.2, 0.25) is 5.04 Å². The number of aromatic hydroxyl groups is 1. The fourth-order valence-corrected chi connectivity index (χ4v) is 8.76. The molecule has 36 heavy (non-hydrogen) atoms. The SMILES string of the molecule is CC(C)(C)[Si](Cl)(c1ccccc1)c1ccccc1.Cc1cc(F)cc(Br)c1.Oc1cc(F)cc(Br)c1. The van der Waals surface area contributed by atoms with Gasteiger partial charge in [-0.2, -0.15) is 11.1 Å². The first-order chi connectivity index (χ1) is 16.8. The molecule has 0 spiro atoms. The van der Waals surface area contributed by atoms with Crippen LogP contribution >= 0.6 is 42.9 Å². The van der Waals surface area contributed by atoms with Crippen molar-refractivity contribution in [2.75, 3.05) is 0 Å². The van der Waals surface area contributed by atoms with Crippen molar-refractivity contribution in [3.63, 3.8) is 0 Å². The van der Waals surface area contributed by atoms with Crippen LogP contribution in [0.25, 0.3) is 0 Å². The predicted molar refractivity (Wildman–Crippen MR) is 158 cm³/mol. The van der Waals surface area contributed by atoms with Gasteiger partial charge in [-0.1, -0.05) is 113 Å². The number of phenols is 1. The van der Waals surface area contributed by atoms with Gasteiger partial charge in [0.15, 0.2) is 0 Å². The Kier molecular flexibility index (Phi) is 11.4. The maximum atomic E-state index is 12.4. The Balaban J connectivity index is 0.000000212. The van der Waals surface area contributed by atoms with Crippen molar-refractivity contribution in [2.45, 2.75) is 32.7 Å². The van der Waals surface area contributed by atoms with Gasteiger partial charge in [-0.3, -0.25) is 0 Å². The zero-order chi connectivity index (χ0) is 26.9. The summed E-state index contributed by atoms with van der Waals surface area (Å²) < 4.78 is 26.0. The third kappa shape index (κ3) is 8.84. The zero-order valence-corrected chi connectivity index (χ0v) is 25.5. The van der Waals surface area contributed by atoms with Crippen LogP contribution in [0.15, 0.2) is 106 Å². The highest BCUT2D eigenvalue weighted by molar-refractivity contribution is 9.10. The number of benzene rings is 4. The van der Waals surface area contributed by atoms with Gasteiger partial charge in [0, 0.05) is 15.0 Å². The monoisotopic (exact) mass is 652 g/mol. The van der Waals surface area contributed by atoms with E-state index >= 15 is 0 Å². The van der Waals surface area contributed by atoms with Crippen molar-refractivity contribution in [1.82, 2.24) is 0 Å². The average molecular weight is 655 g/mol. The van der Waals surface area contributed by atoms with Crippen molar-refractivity contribution in [3.05, 3.63) is 123 Å². The van der Waals surface area contributed by atoms with Crippen LogP contribution in [0.3, 0.4) is 0 Å². The van der Waals surface area contributed by atoms with Crippen LogP contribution in [0.1, 0.15) is 26.3 Å². The van der Waals surface area contributed by atoms with E-state index in [1.807, 2.05) is 25.1 Å². The van der Waals surface area contributed by atoms with Crippen LogP contribution in [0, 0.1) is 18.6 Å². The summed E-state index contributed by atoms with van der Waals surface area (Å²) >= 11 is 13.4. The van der Waals surface area contributed by atoms with Gasteiger partial charge < -0.3 is 5.11 Å². The fraction of sp³-hybridized carbons (Fsp3) is 0.172. The molecule has 0 saturated heterocycles. The number of halogens is 5. The highest BCUT2D eigenvalue weighted by atomic mass is 79.9. The second kappa shape index (κ2) is 13.5. The van der Waals surface area contributed by atoms with Gasteiger partial charge in [0.25, 0.3) is 0 Å². The van der Waals surface area contributed by atoms with E-state index in [2.05, 4.69) is 101 Å². The lowest BCUT2D eigenvalue weighted by Crippen LogP contribution is -2.59. The summed E-state index contributed by atoms with van der Waals surface area (Å²) in [4.78, 5) is 0. The third-order valence-electron chi connectivity index (χ3n) is 5.23. The van der Waals surface area contributed by atoms with Crippen LogP contribution in [0.4, 0.5) is 8.78 Å². The molecule has 0 atom stereocenters. The minimum Gasteiger partial charge on any atom is -0.508 e. The molecular weight excluding hydrogens is 626 g/mol. The second-order valence-corrected chi connectivity index (χ2v) is 16.7. The van der Waals surface area contributed by atoms with Crippen molar-refractivity contribution >= 4 is 60.7 Å². The molecule has 1 N–H and O–H groups in total. The lowest BCUT2D eigenvalue weighted by molar-refractivity contribution is 0.468. The van der Waals surface area contributed by atoms with E-state index in [1.54, 1.807) is 0 Å². The number of rotatable bonds is 2. The van der Waals surface area contributed by atoms with E-state index in [0.29, 0.717) is 4.47 Å². The molecular formula is C29H29Br2ClF2OSi. The summed E-state index contributed by atoms with van der Waals surface area (Å²) in [5, 5.41) is 11.4. The molecule has 0 aliphatic carbocycles. The summed E-state index contributed by atoms with van der Waals surface area (Å²) in [7, 11) is -2.23. The number of hydrogen-bond donors (Lipinski definition) is 1. The van der Waals surface area contributed by atoms with E-state index in [1.165, 1.54) is 34.6 Å². The van der Waals surface area contributed by atoms with E-state index in [4.69, 9.17) is 16.2 Å². The summed E-state index contributed by atoms with van der Waals surface area (Å²) in [6.45, 7) is 8.58. The Morgan fingerprint density at radius 2 is 1.11 bits per heavy atom. The fourth-order valence-electron chi connectivity index (χ4n) is 3.60. The van der Waals surface area contributed by atoms with Gasteiger partial charge in [-0.05, 0) is 58.2 Å². The summed E-state index contributed by atoms with van der Waals surface area (Å²) in [6, 6.07) is 29.6. The van der Waals surface area contributed by atoms with Crippen LogP contribution < -0.4 is 10.4 Å². The second-order valence-electron chi connectivity index (χ2n) is 9.21. The molecule has 0 aromatic heterocycles. The van der Waals surface area contributed by atoms with Crippen molar-refractivity contribution in [3.8, 4) is 5.75 Å². The molecule has 0 fully saturated rings. The van der Waals surface area contributed by atoms with E-state index in [-0.39, 0.29) is 16.6 Å². The third-order valence-corrected chi connectivity index (χ3v) is 13.5. The van der Waals surface area contributed by atoms with Gasteiger partial charge in [-0.25, -0.2) is 8.78 Å². The molecule has 0 radical (unpaired) electrons. The maximum absolute atomic E-state index is 12.4. The number of hydrogen-bond acceptors (Lipinski definition) is 1. The molecule has 4 rings (SSSR count). The molecule has 4 aromatic rings. The lowest BCUT2D eigenvalue weighted by atomic mass is 10.2. The largest absolute Gasteiger partial charge is 0.508 e. The van der Waals surface area contributed by atoms with Gasteiger partial charge in [-0.15, -0.1) is 0 Å². The van der Waals surface area contributed by atoms with Crippen LogP contribution in [0.5, 0.6) is 5.75 Å². The molecule has 0 amide bonds. The number of phenolic OH excluding ortho intramolecular Hbond substituents is 1. The normalized spacial score (nSPS) is 11.0. The lowest BCUT2D eigenvalue weighted by Gasteiger charge is -2.38. The molecule has 0 aliphatic heterocycles. The Morgan fingerprint density at radius 1 is 0.694 bits per heavy atom. The Hall–Kier alpha value is -1.99. The standard InChI is InChI=1S/C16H19ClSi.C7H6BrF.C6H4BrFO/c1-16(2,3)18(17,14-10-6-4-7-11-14)15-12-8-5-9-13-15;1-5-2-6(8)4-7(9)3-5;7-4-1-5(8)3-6(9)2-4/h4-13H,1-3H3;2-4H,1H3;1-3,9H. The highest BCUT2D eigenvalue weighted by Gasteiger charge is 2.46. The summed E-state index contributed by atoms with van der Waals surface area (Å²) in [5.74, 6) is -0.703. The van der Waals surface area contributed by atoms with Gasteiger partial charge in [0.1, 0.15) is 17.4 Å². The Labute approximate surface area is 235 Å². The first-order valence-corrected chi connectivity index (χ1v) is 15.8. The van der Waals surface area contributed by atoms with Gasteiger partial charge in [0.05, 0.1) is 0 Å². The topological polar surface area (TPSA) is 20.2 Å². The van der Waals surface area contributed by atoms with E-state index < -0.39 is 13.2 Å². The molecule has 0 aliphatic rings. The molecule has 7 heteroatoms.